The topological polar surface area (TPSA) is 65.5 Å². The minimum Gasteiger partial charge on any atom is -0.488 e. The number of nitrogens with zero attached hydrogens (tertiary/aromatic N) is 4. The van der Waals surface area contributed by atoms with Crippen LogP contribution in [0.1, 0.15) is 5.56 Å². The fourth-order valence-corrected chi connectivity index (χ4v) is 4.16. The van der Waals surface area contributed by atoms with E-state index in [1.54, 1.807) is 40.0 Å². The van der Waals surface area contributed by atoms with Gasteiger partial charge in [0.1, 0.15) is 23.6 Å². The molecular formula is C19H14N4O2S2. The Morgan fingerprint density at radius 1 is 1.26 bits per heavy atom. The molecular weight excluding hydrogens is 380 g/mol. The molecule has 6 nitrogen and oxygen atoms in total. The minimum absolute atomic E-state index is 0.453. The second kappa shape index (κ2) is 6.71. The number of aromatic nitrogens is 4. The highest BCUT2D eigenvalue weighted by atomic mass is 32.2. The van der Waals surface area contributed by atoms with Gasteiger partial charge >= 0.3 is 0 Å². The molecule has 0 saturated carbocycles. The van der Waals surface area contributed by atoms with Crippen LogP contribution in [0.25, 0.3) is 27.4 Å². The number of hydrogen-bond donors (Lipinski definition) is 0. The Hall–Kier alpha value is -2.84. The Bertz CT molecular complexity index is 1200. The lowest BCUT2D eigenvalue weighted by molar-refractivity contribution is 0.309. The van der Waals surface area contributed by atoms with E-state index in [4.69, 9.17) is 9.15 Å². The molecule has 0 unspecified atom stereocenters. The van der Waals surface area contributed by atoms with Crippen molar-refractivity contribution in [2.24, 2.45) is 0 Å². The molecule has 0 aliphatic heterocycles. The van der Waals surface area contributed by atoms with Gasteiger partial charge in [0.2, 0.25) is 4.96 Å². The Labute approximate surface area is 162 Å². The SMILES string of the molecule is CSc1nn2cc(-c3cc4c(OCc5cccnc5)cccc4o3)nc2s1. The van der Waals surface area contributed by atoms with E-state index >= 15 is 0 Å². The molecule has 0 aliphatic carbocycles. The van der Waals surface area contributed by atoms with Crippen molar-refractivity contribution in [2.75, 3.05) is 6.26 Å². The van der Waals surface area contributed by atoms with Gasteiger partial charge in [-0.25, -0.2) is 9.50 Å². The first-order chi connectivity index (χ1) is 13.3. The number of imidazole rings is 1. The molecule has 5 rings (SSSR count). The van der Waals surface area contributed by atoms with Gasteiger partial charge in [-0.05, 0) is 30.5 Å². The maximum atomic E-state index is 6.01. The van der Waals surface area contributed by atoms with Crippen molar-refractivity contribution in [2.45, 2.75) is 10.9 Å². The zero-order chi connectivity index (χ0) is 18.2. The molecule has 0 amide bonds. The smallest absolute Gasteiger partial charge is 0.213 e. The van der Waals surface area contributed by atoms with Crippen LogP contribution in [0, 0.1) is 0 Å². The average Bonchev–Trinajstić information content (AvgIpc) is 3.39. The van der Waals surface area contributed by atoms with E-state index in [2.05, 4.69) is 15.1 Å². The molecule has 5 aromatic rings. The van der Waals surface area contributed by atoms with Gasteiger partial charge in [-0.2, -0.15) is 0 Å². The van der Waals surface area contributed by atoms with Gasteiger partial charge in [0.15, 0.2) is 10.1 Å². The molecule has 1 aromatic carbocycles. The summed E-state index contributed by atoms with van der Waals surface area (Å²) in [5, 5.41) is 5.40. The molecule has 134 valence electrons. The normalized spacial score (nSPS) is 11.4. The third kappa shape index (κ3) is 3.07. The van der Waals surface area contributed by atoms with Crippen LogP contribution in [-0.2, 0) is 6.61 Å². The molecule has 0 saturated heterocycles. The van der Waals surface area contributed by atoms with E-state index < -0.39 is 0 Å². The highest BCUT2D eigenvalue weighted by Crippen LogP contribution is 2.34. The van der Waals surface area contributed by atoms with E-state index in [1.807, 2.05) is 48.9 Å². The summed E-state index contributed by atoms with van der Waals surface area (Å²) in [5.74, 6) is 1.47. The zero-order valence-corrected chi connectivity index (χ0v) is 16.0. The number of pyridine rings is 1. The lowest BCUT2D eigenvalue weighted by atomic mass is 10.2. The van der Waals surface area contributed by atoms with E-state index in [0.717, 1.165) is 37.3 Å². The third-order valence-electron chi connectivity index (χ3n) is 4.09. The number of hydrogen-bond acceptors (Lipinski definition) is 7. The molecule has 0 atom stereocenters. The van der Waals surface area contributed by atoms with E-state index in [1.165, 1.54) is 0 Å². The van der Waals surface area contributed by atoms with Crippen molar-refractivity contribution in [3.8, 4) is 17.2 Å². The quantitative estimate of drug-likeness (QED) is 0.395. The number of rotatable bonds is 5. The summed E-state index contributed by atoms with van der Waals surface area (Å²) in [5.41, 5.74) is 2.54. The van der Waals surface area contributed by atoms with Crippen LogP contribution in [0.3, 0.4) is 0 Å². The van der Waals surface area contributed by atoms with Gasteiger partial charge in [-0.3, -0.25) is 4.98 Å². The van der Waals surface area contributed by atoms with E-state index in [9.17, 15) is 0 Å². The van der Waals surface area contributed by atoms with Crippen LogP contribution in [0.2, 0.25) is 0 Å². The summed E-state index contributed by atoms with van der Waals surface area (Å²) < 4.78 is 14.8. The van der Waals surface area contributed by atoms with Crippen LogP contribution in [0.15, 0.2) is 63.7 Å². The number of fused-ring (bicyclic) bond motifs is 2. The molecule has 0 N–H and O–H groups in total. The van der Waals surface area contributed by atoms with Crippen LogP contribution in [-0.4, -0.2) is 25.8 Å². The Kier molecular flexibility index (Phi) is 4.06. The van der Waals surface area contributed by atoms with Crippen molar-refractivity contribution in [1.82, 2.24) is 19.6 Å². The van der Waals surface area contributed by atoms with Gasteiger partial charge in [-0.1, -0.05) is 35.2 Å². The number of thioether (sulfide) groups is 1. The van der Waals surface area contributed by atoms with Crippen LogP contribution in [0.4, 0.5) is 0 Å². The van der Waals surface area contributed by atoms with Crippen molar-refractivity contribution >= 4 is 39.0 Å². The number of furan rings is 1. The first-order valence-corrected chi connectivity index (χ1v) is 10.3. The van der Waals surface area contributed by atoms with Gasteiger partial charge in [0, 0.05) is 18.0 Å². The maximum absolute atomic E-state index is 6.01. The predicted octanol–water partition coefficient (Wildman–Crippen LogP) is 4.90. The van der Waals surface area contributed by atoms with Gasteiger partial charge in [0.05, 0.1) is 11.6 Å². The fraction of sp³-hybridized carbons (Fsp3) is 0.105. The van der Waals surface area contributed by atoms with E-state index in [0.29, 0.717) is 12.4 Å². The first kappa shape index (κ1) is 16.3. The average molecular weight is 394 g/mol. The number of benzene rings is 1. The summed E-state index contributed by atoms with van der Waals surface area (Å²) in [6.07, 6.45) is 7.44. The molecule has 8 heteroatoms. The summed E-state index contributed by atoms with van der Waals surface area (Å²) >= 11 is 3.17. The van der Waals surface area contributed by atoms with Gasteiger partial charge in [0.25, 0.3) is 0 Å². The predicted molar refractivity (Wildman–Crippen MR) is 106 cm³/mol. The summed E-state index contributed by atoms with van der Waals surface area (Å²) in [6.45, 7) is 0.453. The van der Waals surface area contributed by atoms with Crippen LogP contribution >= 0.6 is 23.1 Å². The third-order valence-corrected chi connectivity index (χ3v) is 5.99. The zero-order valence-electron chi connectivity index (χ0n) is 14.3. The minimum atomic E-state index is 0.453. The Morgan fingerprint density at radius 3 is 3.04 bits per heavy atom. The second-order valence-corrected chi connectivity index (χ2v) is 7.86. The lowest BCUT2D eigenvalue weighted by Crippen LogP contribution is -1.95. The van der Waals surface area contributed by atoms with Crippen LogP contribution in [0.5, 0.6) is 5.75 Å². The molecule has 27 heavy (non-hydrogen) atoms. The number of ether oxygens (including phenoxy) is 1. The summed E-state index contributed by atoms with van der Waals surface area (Å²) in [6, 6.07) is 11.6. The summed E-state index contributed by atoms with van der Waals surface area (Å²) in [7, 11) is 0. The lowest BCUT2D eigenvalue weighted by Gasteiger charge is -2.06. The highest BCUT2D eigenvalue weighted by Gasteiger charge is 2.15. The van der Waals surface area contributed by atoms with Crippen molar-refractivity contribution in [1.29, 1.82) is 0 Å². The standard InChI is InChI=1S/C19H14N4O2S2/c1-26-19-22-23-10-14(21-18(23)27-19)17-8-13-15(5-2-6-16(13)25-17)24-11-12-4-3-7-20-9-12/h2-10H,11H2,1H3. The van der Waals surface area contributed by atoms with Crippen molar-refractivity contribution < 1.29 is 9.15 Å². The summed E-state index contributed by atoms with van der Waals surface area (Å²) in [4.78, 5) is 9.60. The van der Waals surface area contributed by atoms with Crippen LogP contribution < -0.4 is 4.74 Å². The largest absolute Gasteiger partial charge is 0.488 e. The molecule has 0 fully saturated rings. The monoisotopic (exact) mass is 394 g/mol. The van der Waals surface area contributed by atoms with Gasteiger partial charge < -0.3 is 9.15 Å². The molecule has 4 heterocycles. The fourth-order valence-electron chi connectivity index (χ4n) is 2.81. The Balaban J connectivity index is 1.48. The second-order valence-electron chi connectivity index (χ2n) is 5.85. The first-order valence-electron chi connectivity index (χ1n) is 8.25. The molecule has 0 aliphatic rings. The van der Waals surface area contributed by atoms with E-state index in [-0.39, 0.29) is 0 Å². The highest BCUT2D eigenvalue weighted by molar-refractivity contribution is 8.00. The molecule has 4 aromatic heterocycles. The molecule has 0 radical (unpaired) electrons. The molecule has 0 bridgehead atoms. The maximum Gasteiger partial charge on any atom is 0.213 e. The van der Waals surface area contributed by atoms with Crippen molar-refractivity contribution in [3.63, 3.8) is 0 Å². The van der Waals surface area contributed by atoms with Crippen molar-refractivity contribution in [3.05, 3.63) is 60.6 Å². The Morgan fingerprint density at radius 2 is 2.22 bits per heavy atom. The van der Waals surface area contributed by atoms with Gasteiger partial charge in [-0.15, -0.1) is 5.10 Å². The molecule has 0 spiro atoms.